The summed E-state index contributed by atoms with van der Waals surface area (Å²) >= 11 is 0. The molecule has 2 aliphatic rings. The number of likely N-dealkylation sites (tertiary alicyclic amines) is 1. The molecule has 2 aromatic rings. The summed E-state index contributed by atoms with van der Waals surface area (Å²) in [6.45, 7) is 8.94. The smallest absolute Gasteiger partial charge is 0.407 e. The number of methoxy groups -OCH3 is 2. The van der Waals surface area contributed by atoms with E-state index >= 15 is 0 Å². The van der Waals surface area contributed by atoms with Gasteiger partial charge in [0.1, 0.15) is 18.1 Å². The van der Waals surface area contributed by atoms with Crippen molar-refractivity contribution in [1.29, 1.82) is 0 Å². The summed E-state index contributed by atoms with van der Waals surface area (Å²) in [4.78, 5) is 28.1. The van der Waals surface area contributed by atoms with Crippen molar-refractivity contribution in [2.45, 2.75) is 70.2 Å². The first-order valence-electron chi connectivity index (χ1n) is 14.6. The lowest BCUT2D eigenvalue weighted by atomic mass is 9.79. The first-order chi connectivity index (χ1) is 20.1. The van der Waals surface area contributed by atoms with E-state index in [2.05, 4.69) is 16.3 Å². The van der Waals surface area contributed by atoms with E-state index in [1.807, 2.05) is 50.2 Å². The number of hydrogen-bond donors (Lipinski definition) is 2. The summed E-state index contributed by atoms with van der Waals surface area (Å²) in [5, 5.41) is 13.2. The number of amides is 2. The van der Waals surface area contributed by atoms with Crippen LogP contribution in [0.5, 0.6) is 11.5 Å². The Morgan fingerprint density at radius 2 is 1.90 bits per heavy atom. The second kappa shape index (κ2) is 14.1. The highest BCUT2D eigenvalue weighted by Crippen LogP contribution is 2.38. The van der Waals surface area contributed by atoms with Gasteiger partial charge in [-0.25, -0.2) is 4.79 Å². The molecule has 1 saturated heterocycles. The molecule has 4 rings (SSSR count). The van der Waals surface area contributed by atoms with Crippen LogP contribution in [0.25, 0.3) is 0 Å². The Labute approximate surface area is 248 Å². The maximum atomic E-state index is 12.5. The van der Waals surface area contributed by atoms with Gasteiger partial charge in [-0.3, -0.25) is 4.79 Å². The summed E-state index contributed by atoms with van der Waals surface area (Å²) in [7, 11) is 3.35. The molecular weight excluding hydrogens is 538 g/mol. The summed E-state index contributed by atoms with van der Waals surface area (Å²) in [5.41, 5.74) is 2.54. The third-order valence-corrected chi connectivity index (χ3v) is 8.07. The first kappa shape index (κ1) is 31.4. The third-order valence-electron chi connectivity index (χ3n) is 8.07. The average Bonchev–Trinajstić information content (AvgIpc) is 2.95. The van der Waals surface area contributed by atoms with Crippen LogP contribution in [0.4, 0.5) is 10.5 Å². The summed E-state index contributed by atoms with van der Waals surface area (Å²) in [6.07, 6.45) is 0.630. The van der Waals surface area contributed by atoms with Gasteiger partial charge in [0, 0.05) is 44.7 Å². The van der Waals surface area contributed by atoms with Gasteiger partial charge < -0.3 is 39.2 Å². The van der Waals surface area contributed by atoms with E-state index in [-0.39, 0.29) is 30.5 Å². The van der Waals surface area contributed by atoms with Gasteiger partial charge in [-0.05, 0) is 68.5 Å². The van der Waals surface area contributed by atoms with Gasteiger partial charge in [-0.15, -0.1) is 0 Å². The summed E-state index contributed by atoms with van der Waals surface area (Å²) in [5.74, 6) is 1.43. The third kappa shape index (κ3) is 8.07. The maximum Gasteiger partial charge on any atom is 0.407 e. The number of rotatable bonds is 12. The highest BCUT2D eigenvalue weighted by Gasteiger charge is 2.41. The fraction of sp³-hybridized carbons (Fsp3) is 0.562. The number of carboxylic acid groups (broad SMARTS) is 1. The fourth-order valence-corrected chi connectivity index (χ4v) is 6.20. The van der Waals surface area contributed by atoms with Crippen LogP contribution >= 0.6 is 0 Å². The number of piperidine rings is 1. The molecule has 2 N–H and O–H groups in total. The van der Waals surface area contributed by atoms with Gasteiger partial charge in [-0.2, -0.15) is 0 Å². The predicted molar refractivity (Wildman–Crippen MR) is 161 cm³/mol. The van der Waals surface area contributed by atoms with Gasteiger partial charge in [0.2, 0.25) is 5.91 Å². The molecule has 230 valence electrons. The standard InChI is InChI=1S/C32H45N3O7/c1-22(36)33-32(2,3)19-25-18-27(24-8-10-26(40-5)11-9-24)30(20-35(25)31(37)38)42-21-23-7-12-29-28(17-23)34(14-16-41-29)13-6-15-39-4/h7-12,17,25,27,30H,6,13-16,18-21H2,1-5H3,(H,33,36)(H,37,38)/t25-,27-,30+/m1/s1. The molecule has 0 spiro atoms. The number of anilines is 1. The van der Waals surface area contributed by atoms with Crippen LogP contribution in [0, 0.1) is 0 Å². The lowest BCUT2D eigenvalue weighted by Crippen LogP contribution is -2.56. The quantitative estimate of drug-likeness (QED) is 0.348. The Morgan fingerprint density at radius 1 is 1.14 bits per heavy atom. The van der Waals surface area contributed by atoms with E-state index in [1.54, 1.807) is 14.2 Å². The molecule has 42 heavy (non-hydrogen) atoms. The highest BCUT2D eigenvalue weighted by atomic mass is 16.5. The van der Waals surface area contributed by atoms with Crippen molar-refractivity contribution in [2.75, 3.05) is 52.0 Å². The molecule has 10 nitrogen and oxygen atoms in total. The minimum atomic E-state index is -0.988. The molecule has 3 atom stereocenters. The molecule has 0 aliphatic carbocycles. The zero-order chi connectivity index (χ0) is 30.3. The molecule has 0 radical (unpaired) electrons. The van der Waals surface area contributed by atoms with Crippen molar-refractivity contribution in [3.05, 3.63) is 53.6 Å². The fourth-order valence-electron chi connectivity index (χ4n) is 6.20. The summed E-state index contributed by atoms with van der Waals surface area (Å²) in [6, 6.07) is 13.7. The van der Waals surface area contributed by atoms with Crippen LogP contribution in [0.2, 0.25) is 0 Å². The zero-order valence-electron chi connectivity index (χ0n) is 25.4. The van der Waals surface area contributed by atoms with E-state index in [0.717, 1.165) is 47.8 Å². The van der Waals surface area contributed by atoms with E-state index in [9.17, 15) is 14.7 Å². The minimum Gasteiger partial charge on any atom is -0.497 e. The number of carbonyl (C=O) groups is 2. The van der Waals surface area contributed by atoms with Crippen LogP contribution in [0.3, 0.4) is 0 Å². The molecule has 2 aliphatic heterocycles. The van der Waals surface area contributed by atoms with Crippen molar-refractivity contribution in [1.82, 2.24) is 10.2 Å². The van der Waals surface area contributed by atoms with Gasteiger partial charge >= 0.3 is 6.09 Å². The number of fused-ring (bicyclic) bond motifs is 1. The van der Waals surface area contributed by atoms with Crippen LogP contribution < -0.4 is 19.7 Å². The maximum absolute atomic E-state index is 12.5. The van der Waals surface area contributed by atoms with Crippen LogP contribution in [0.1, 0.15) is 57.1 Å². The number of carbonyl (C=O) groups excluding carboxylic acids is 1. The molecule has 2 heterocycles. The van der Waals surface area contributed by atoms with Gasteiger partial charge in [-0.1, -0.05) is 18.2 Å². The average molecular weight is 584 g/mol. The SMILES string of the molecule is COCCCN1CCOc2ccc(CO[C@H]3CN(C(=O)O)[C@@H](CC(C)(C)NC(C)=O)C[C@@H]3c3ccc(OC)cc3)cc21. The van der Waals surface area contributed by atoms with E-state index in [4.69, 9.17) is 18.9 Å². The van der Waals surface area contributed by atoms with Crippen molar-refractivity contribution in [2.24, 2.45) is 0 Å². The van der Waals surface area contributed by atoms with E-state index in [0.29, 0.717) is 32.7 Å². The lowest BCUT2D eigenvalue weighted by Gasteiger charge is -2.45. The van der Waals surface area contributed by atoms with Crippen LogP contribution in [-0.2, 0) is 20.9 Å². The lowest BCUT2D eigenvalue weighted by molar-refractivity contribution is -0.120. The molecular formula is C32H45N3O7. The molecule has 2 aromatic carbocycles. The topological polar surface area (TPSA) is 110 Å². The number of nitrogens with one attached hydrogen (secondary N) is 1. The molecule has 2 amide bonds. The zero-order valence-corrected chi connectivity index (χ0v) is 25.4. The Balaban J connectivity index is 1.56. The molecule has 10 heteroatoms. The Hall–Kier alpha value is -3.50. The Kier molecular flexibility index (Phi) is 10.6. The highest BCUT2D eigenvalue weighted by molar-refractivity contribution is 5.73. The Bertz CT molecular complexity index is 1200. The molecule has 0 aromatic heterocycles. The second-order valence-corrected chi connectivity index (χ2v) is 11.8. The monoisotopic (exact) mass is 583 g/mol. The van der Waals surface area contributed by atoms with Crippen molar-refractivity contribution in [3.63, 3.8) is 0 Å². The first-order valence-corrected chi connectivity index (χ1v) is 14.6. The van der Waals surface area contributed by atoms with Gasteiger partial charge in [0.15, 0.2) is 0 Å². The number of hydrogen-bond acceptors (Lipinski definition) is 7. The summed E-state index contributed by atoms with van der Waals surface area (Å²) < 4.78 is 23.1. The Morgan fingerprint density at radius 3 is 2.57 bits per heavy atom. The van der Waals surface area contributed by atoms with Crippen molar-refractivity contribution in [3.8, 4) is 11.5 Å². The molecule has 0 saturated carbocycles. The molecule has 1 fully saturated rings. The predicted octanol–water partition coefficient (Wildman–Crippen LogP) is 4.66. The van der Waals surface area contributed by atoms with E-state index < -0.39 is 11.6 Å². The minimum absolute atomic E-state index is 0.0452. The molecule has 0 bridgehead atoms. The molecule has 0 unspecified atom stereocenters. The van der Waals surface area contributed by atoms with Gasteiger partial charge in [0.25, 0.3) is 0 Å². The largest absolute Gasteiger partial charge is 0.497 e. The van der Waals surface area contributed by atoms with E-state index in [1.165, 1.54) is 11.8 Å². The van der Waals surface area contributed by atoms with Crippen molar-refractivity contribution >= 4 is 17.7 Å². The van der Waals surface area contributed by atoms with Crippen LogP contribution in [0.15, 0.2) is 42.5 Å². The van der Waals surface area contributed by atoms with Crippen molar-refractivity contribution < 1.29 is 33.6 Å². The van der Waals surface area contributed by atoms with Crippen LogP contribution in [-0.4, -0.2) is 86.8 Å². The normalized spacial score (nSPS) is 20.5. The number of nitrogens with zero attached hydrogens (tertiary/aromatic N) is 2. The number of ether oxygens (including phenoxy) is 4. The number of benzene rings is 2. The van der Waals surface area contributed by atoms with Gasteiger partial charge in [0.05, 0.1) is 38.6 Å². The second-order valence-electron chi connectivity index (χ2n) is 11.8.